The van der Waals surface area contributed by atoms with Crippen molar-refractivity contribution in [3.05, 3.63) is 29.8 Å². The number of carbonyl (C=O) groups is 4. The van der Waals surface area contributed by atoms with E-state index >= 15 is 0 Å². The maximum atomic E-state index is 13.2. The lowest BCUT2D eigenvalue weighted by molar-refractivity contribution is -0.192. The molecule has 2 saturated heterocycles. The first kappa shape index (κ1) is 28.0. The summed E-state index contributed by atoms with van der Waals surface area (Å²) in [6.45, 7) is 1.19. The zero-order valence-corrected chi connectivity index (χ0v) is 20.2. The van der Waals surface area contributed by atoms with E-state index in [0.717, 1.165) is 17.7 Å². The lowest BCUT2D eigenvalue weighted by Gasteiger charge is -2.37. The Balaban J connectivity index is 0.000000479. The topological polar surface area (TPSA) is 154 Å². The summed E-state index contributed by atoms with van der Waals surface area (Å²) >= 11 is 0. The number of carbonyl (C=O) groups excluding carboxylic acids is 3. The molecule has 5 N–H and O–H groups in total. The number of urea groups is 1. The number of hydrogen-bond donors (Lipinski definition) is 4. The number of aliphatic carboxylic acids is 1. The molecule has 0 aromatic heterocycles. The first-order valence-corrected chi connectivity index (χ1v) is 11.8. The van der Waals surface area contributed by atoms with E-state index in [-0.39, 0.29) is 36.5 Å². The van der Waals surface area contributed by atoms with Gasteiger partial charge in [0.1, 0.15) is 17.8 Å². The van der Waals surface area contributed by atoms with Gasteiger partial charge in [0.15, 0.2) is 0 Å². The average Bonchev–Trinajstić information content (AvgIpc) is 3.28. The number of nitrogens with two attached hydrogens (primary N) is 1. The standard InChI is InChI=1S/C21H29N5O4.C2HF3O2/c1-23-21(29)25-10-8-13-6-7-17(26(13)20(28)15(22)12-25)19(27)24-16-9-11-30-18-5-3-2-4-14(16)18;3-2(4,5)1(6)7/h2-5,13,15-17H,6-12,22H2,1H3,(H,23,29)(H,24,27);(H,6,7)/t13-,15+,16-,17+;/m1./s1. The molecular weight excluding hydrogens is 499 g/mol. The molecule has 3 aliphatic rings. The van der Waals surface area contributed by atoms with Crippen molar-refractivity contribution in [3.8, 4) is 5.75 Å². The molecule has 0 spiro atoms. The molecule has 0 aliphatic carbocycles. The minimum Gasteiger partial charge on any atom is -0.493 e. The van der Waals surface area contributed by atoms with Gasteiger partial charge in [0, 0.05) is 38.2 Å². The van der Waals surface area contributed by atoms with Crippen molar-refractivity contribution >= 4 is 23.8 Å². The van der Waals surface area contributed by atoms with Crippen molar-refractivity contribution < 1.29 is 42.2 Å². The van der Waals surface area contributed by atoms with E-state index in [1.165, 1.54) is 0 Å². The van der Waals surface area contributed by atoms with E-state index in [0.29, 0.717) is 32.4 Å². The lowest BCUT2D eigenvalue weighted by Crippen LogP contribution is -2.60. The smallest absolute Gasteiger partial charge is 0.490 e. The molecule has 14 heteroatoms. The van der Waals surface area contributed by atoms with Crippen molar-refractivity contribution in [2.24, 2.45) is 5.73 Å². The van der Waals surface area contributed by atoms with Crippen LogP contribution in [0.4, 0.5) is 18.0 Å². The van der Waals surface area contributed by atoms with Gasteiger partial charge in [-0.3, -0.25) is 9.59 Å². The van der Waals surface area contributed by atoms with Gasteiger partial charge >= 0.3 is 18.2 Å². The number of alkyl halides is 3. The van der Waals surface area contributed by atoms with E-state index in [1.807, 2.05) is 24.3 Å². The van der Waals surface area contributed by atoms with Crippen LogP contribution >= 0.6 is 0 Å². The molecule has 0 unspecified atom stereocenters. The highest BCUT2D eigenvalue weighted by Crippen LogP contribution is 2.33. The van der Waals surface area contributed by atoms with Crippen LogP contribution in [0.2, 0.25) is 0 Å². The number of benzene rings is 1. The molecule has 0 radical (unpaired) electrons. The van der Waals surface area contributed by atoms with E-state index in [4.69, 9.17) is 20.4 Å². The van der Waals surface area contributed by atoms with Crippen molar-refractivity contribution in [2.75, 3.05) is 26.7 Å². The number of rotatable bonds is 2. The zero-order chi connectivity index (χ0) is 27.3. The molecule has 0 saturated carbocycles. The van der Waals surface area contributed by atoms with Crippen LogP contribution in [0.25, 0.3) is 0 Å². The summed E-state index contributed by atoms with van der Waals surface area (Å²) in [6, 6.07) is 5.86. The Labute approximate surface area is 211 Å². The normalized spacial score (nSPS) is 25.3. The van der Waals surface area contributed by atoms with E-state index in [9.17, 15) is 27.6 Å². The highest BCUT2D eigenvalue weighted by atomic mass is 19.4. The van der Waals surface area contributed by atoms with E-state index < -0.39 is 24.2 Å². The van der Waals surface area contributed by atoms with Gasteiger partial charge in [-0.1, -0.05) is 18.2 Å². The first-order chi connectivity index (χ1) is 17.4. The van der Waals surface area contributed by atoms with Crippen LogP contribution in [0.3, 0.4) is 0 Å². The third kappa shape index (κ3) is 6.61. The molecule has 1 aromatic carbocycles. The van der Waals surface area contributed by atoms with Crippen LogP contribution in [0.5, 0.6) is 5.75 Å². The van der Waals surface area contributed by atoms with Crippen LogP contribution in [-0.4, -0.2) is 89.8 Å². The molecule has 3 aliphatic heterocycles. The molecule has 1 aromatic rings. The van der Waals surface area contributed by atoms with Gasteiger partial charge in [-0.25, -0.2) is 9.59 Å². The summed E-state index contributed by atoms with van der Waals surface area (Å²) < 4.78 is 37.4. The van der Waals surface area contributed by atoms with Gasteiger partial charge in [0.25, 0.3) is 0 Å². The second-order valence-corrected chi connectivity index (χ2v) is 8.93. The Hall–Kier alpha value is -3.55. The monoisotopic (exact) mass is 529 g/mol. The number of para-hydroxylation sites is 1. The quantitative estimate of drug-likeness (QED) is 0.446. The summed E-state index contributed by atoms with van der Waals surface area (Å²) in [4.78, 5) is 50.4. The summed E-state index contributed by atoms with van der Waals surface area (Å²) in [5.41, 5.74) is 7.10. The van der Waals surface area contributed by atoms with Crippen LogP contribution in [-0.2, 0) is 14.4 Å². The molecule has 0 bridgehead atoms. The average molecular weight is 530 g/mol. The fraction of sp³-hybridized carbons (Fsp3) is 0.565. The number of amides is 4. The van der Waals surface area contributed by atoms with Gasteiger partial charge in [-0.05, 0) is 25.3 Å². The maximum Gasteiger partial charge on any atom is 0.490 e. The largest absolute Gasteiger partial charge is 0.493 e. The Bertz CT molecular complexity index is 1020. The van der Waals surface area contributed by atoms with Crippen molar-refractivity contribution in [2.45, 2.75) is 56.0 Å². The number of fused-ring (bicyclic) bond motifs is 2. The third-order valence-electron chi connectivity index (χ3n) is 6.54. The number of nitrogens with one attached hydrogen (secondary N) is 2. The minimum atomic E-state index is -5.08. The number of nitrogens with zero attached hydrogens (tertiary/aromatic N) is 2. The van der Waals surface area contributed by atoms with Gasteiger partial charge in [-0.15, -0.1) is 0 Å². The fourth-order valence-corrected chi connectivity index (χ4v) is 4.76. The summed E-state index contributed by atoms with van der Waals surface area (Å²) in [7, 11) is 1.56. The van der Waals surface area contributed by atoms with Crippen molar-refractivity contribution in [3.63, 3.8) is 0 Å². The zero-order valence-electron chi connectivity index (χ0n) is 20.2. The predicted molar refractivity (Wildman–Crippen MR) is 123 cm³/mol. The van der Waals surface area contributed by atoms with E-state index in [1.54, 1.807) is 16.8 Å². The van der Waals surface area contributed by atoms with Crippen LogP contribution < -0.4 is 21.1 Å². The van der Waals surface area contributed by atoms with Gasteiger partial charge < -0.3 is 36.0 Å². The number of ether oxygens (including phenoxy) is 1. The van der Waals surface area contributed by atoms with Crippen molar-refractivity contribution in [1.29, 1.82) is 0 Å². The third-order valence-corrected chi connectivity index (χ3v) is 6.54. The summed E-state index contributed by atoms with van der Waals surface area (Å²) in [6.07, 6.45) is -2.44. The SMILES string of the molecule is CNC(=O)N1CC[C@H]2CC[C@@H](C(=O)N[C@@H]3CCOc4ccccc43)N2C(=O)[C@@H](N)C1.O=C(O)C(F)(F)F. The second-order valence-electron chi connectivity index (χ2n) is 8.93. The van der Waals surface area contributed by atoms with Gasteiger partial charge in [0.05, 0.1) is 12.6 Å². The minimum absolute atomic E-state index is 0.0891. The van der Waals surface area contributed by atoms with Crippen LogP contribution in [0, 0.1) is 0 Å². The molecule has 4 amide bonds. The molecule has 3 heterocycles. The molecule has 204 valence electrons. The van der Waals surface area contributed by atoms with Crippen LogP contribution in [0.15, 0.2) is 24.3 Å². The number of hydrogen-bond acceptors (Lipinski definition) is 6. The highest BCUT2D eigenvalue weighted by Gasteiger charge is 2.44. The van der Waals surface area contributed by atoms with E-state index in [2.05, 4.69) is 10.6 Å². The molecule has 4 atom stereocenters. The highest BCUT2D eigenvalue weighted by molar-refractivity contribution is 5.91. The molecular formula is C23H30F3N5O6. The Kier molecular flexibility index (Phi) is 8.84. The maximum absolute atomic E-state index is 13.2. The van der Waals surface area contributed by atoms with Gasteiger partial charge in [0.2, 0.25) is 11.8 Å². The number of halogens is 3. The van der Waals surface area contributed by atoms with Crippen LogP contribution in [0.1, 0.15) is 37.3 Å². The molecule has 2 fully saturated rings. The van der Waals surface area contributed by atoms with Gasteiger partial charge in [-0.2, -0.15) is 13.2 Å². The number of carboxylic acids is 1. The predicted octanol–water partition coefficient (Wildman–Crippen LogP) is 0.992. The number of carboxylic acid groups (broad SMARTS) is 1. The lowest BCUT2D eigenvalue weighted by atomic mass is 10.00. The fourth-order valence-electron chi connectivity index (χ4n) is 4.76. The Morgan fingerprint density at radius 1 is 1.14 bits per heavy atom. The van der Waals surface area contributed by atoms with Crippen molar-refractivity contribution in [1.82, 2.24) is 20.4 Å². The first-order valence-electron chi connectivity index (χ1n) is 11.8. The molecule has 11 nitrogen and oxygen atoms in total. The second kappa shape index (κ2) is 11.7. The summed E-state index contributed by atoms with van der Waals surface area (Å²) in [5.74, 6) is -2.38. The molecule has 37 heavy (non-hydrogen) atoms. The Morgan fingerprint density at radius 2 is 1.81 bits per heavy atom. The summed E-state index contributed by atoms with van der Waals surface area (Å²) in [5, 5.41) is 12.8. The molecule has 4 rings (SSSR count). The Morgan fingerprint density at radius 3 is 2.46 bits per heavy atom.